The Kier molecular flexibility index (Phi) is 2.69. The Morgan fingerprint density at radius 1 is 1.40 bits per heavy atom. The predicted octanol–water partition coefficient (Wildman–Crippen LogP) is -0.544. The summed E-state index contributed by atoms with van der Waals surface area (Å²) < 4.78 is 4.81. The van der Waals surface area contributed by atoms with E-state index in [2.05, 4.69) is 20.4 Å². The Morgan fingerprint density at radius 2 is 2.10 bits per heavy atom. The molecule has 0 saturated carbocycles. The van der Waals surface area contributed by atoms with Crippen LogP contribution in [0.2, 0.25) is 0 Å². The van der Waals surface area contributed by atoms with Crippen LogP contribution in [0.4, 0.5) is 0 Å². The molecule has 1 heterocycles. The van der Waals surface area contributed by atoms with Gasteiger partial charge in [0, 0.05) is 13.5 Å². The molecule has 5 nitrogen and oxygen atoms in total. The average Bonchev–Trinajstić information content (AvgIpc) is 2.03. The SMILES string of the molecule is COCCc1nncnn1. The van der Waals surface area contributed by atoms with Crippen LogP contribution in [0.5, 0.6) is 0 Å². The van der Waals surface area contributed by atoms with Gasteiger partial charge in [-0.1, -0.05) is 0 Å². The molecular formula is C5H8N4O. The van der Waals surface area contributed by atoms with Crippen molar-refractivity contribution in [3.63, 3.8) is 0 Å². The number of hydrogen-bond donors (Lipinski definition) is 0. The summed E-state index contributed by atoms with van der Waals surface area (Å²) in [5, 5.41) is 14.5. The third-order valence-electron chi connectivity index (χ3n) is 0.979. The average molecular weight is 140 g/mol. The van der Waals surface area contributed by atoms with Gasteiger partial charge in [0.05, 0.1) is 6.61 Å². The first-order valence-electron chi connectivity index (χ1n) is 2.91. The number of rotatable bonds is 3. The van der Waals surface area contributed by atoms with Gasteiger partial charge < -0.3 is 4.74 Å². The number of nitrogens with zero attached hydrogens (tertiary/aromatic N) is 4. The van der Waals surface area contributed by atoms with E-state index in [-0.39, 0.29) is 0 Å². The van der Waals surface area contributed by atoms with Crippen molar-refractivity contribution in [3.05, 3.63) is 12.2 Å². The van der Waals surface area contributed by atoms with Crippen LogP contribution in [0.1, 0.15) is 5.82 Å². The minimum Gasteiger partial charge on any atom is -0.384 e. The standard InChI is InChI=1S/C5H8N4O/c1-10-3-2-5-8-6-4-7-9-5/h4H,2-3H2,1H3. The van der Waals surface area contributed by atoms with Gasteiger partial charge in [-0.2, -0.15) is 0 Å². The lowest BCUT2D eigenvalue weighted by atomic mass is 10.4. The van der Waals surface area contributed by atoms with Gasteiger partial charge >= 0.3 is 0 Å². The molecule has 0 fully saturated rings. The quantitative estimate of drug-likeness (QED) is 0.564. The normalized spacial score (nSPS) is 9.70. The monoisotopic (exact) mass is 140 g/mol. The van der Waals surface area contributed by atoms with E-state index in [1.54, 1.807) is 7.11 Å². The van der Waals surface area contributed by atoms with E-state index in [1.165, 1.54) is 6.33 Å². The lowest BCUT2D eigenvalue weighted by Crippen LogP contribution is -2.02. The maximum atomic E-state index is 4.81. The highest BCUT2D eigenvalue weighted by atomic mass is 16.5. The molecule has 54 valence electrons. The molecule has 0 unspecified atom stereocenters. The van der Waals surface area contributed by atoms with Crippen molar-refractivity contribution >= 4 is 0 Å². The van der Waals surface area contributed by atoms with E-state index in [0.717, 1.165) is 0 Å². The molecule has 1 aromatic rings. The van der Waals surface area contributed by atoms with Gasteiger partial charge in [0.2, 0.25) is 0 Å². The largest absolute Gasteiger partial charge is 0.384 e. The summed E-state index contributed by atoms with van der Waals surface area (Å²) in [6.45, 7) is 0.605. The Hall–Kier alpha value is -1.10. The summed E-state index contributed by atoms with van der Waals surface area (Å²) in [5.74, 6) is 0.615. The second kappa shape index (κ2) is 3.84. The summed E-state index contributed by atoms with van der Waals surface area (Å²) in [6, 6.07) is 0. The molecule has 10 heavy (non-hydrogen) atoms. The molecule has 5 heteroatoms. The van der Waals surface area contributed by atoms with Crippen molar-refractivity contribution in [2.45, 2.75) is 6.42 Å². The molecule has 0 saturated heterocycles. The topological polar surface area (TPSA) is 60.8 Å². The molecule has 0 spiro atoms. The van der Waals surface area contributed by atoms with Gasteiger partial charge in [0.15, 0.2) is 12.2 Å². The minimum absolute atomic E-state index is 0.605. The van der Waals surface area contributed by atoms with Crippen molar-refractivity contribution < 1.29 is 4.74 Å². The number of methoxy groups -OCH3 is 1. The van der Waals surface area contributed by atoms with E-state index in [4.69, 9.17) is 4.74 Å². The molecule has 0 aliphatic heterocycles. The fourth-order valence-electron chi connectivity index (χ4n) is 0.521. The van der Waals surface area contributed by atoms with E-state index < -0.39 is 0 Å². The Morgan fingerprint density at radius 3 is 2.70 bits per heavy atom. The molecule has 1 rings (SSSR count). The first-order valence-corrected chi connectivity index (χ1v) is 2.91. The Bertz CT molecular complexity index is 178. The highest BCUT2D eigenvalue weighted by Crippen LogP contribution is 1.83. The summed E-state index contributed by atoms with van der Waals surface area (Å²) >= 11 is 0. The van der Waals surface area contributed by atoms with Crippen molar-refractivity contribution in [1.82, 2.24) is 20.4 Å². The van der Waals surface area contributed by atoms with Crippen LogP contribution in [-0.2, 0) is 11.2 Å². The Labute approximate surface area is 58.5 Å². The second-order valence-corrected chi connectivity index (χ2v) is 1.71. The molecule has 0 aliphatic carbocycles. The van der Waals surface area contributed by atoms with Crippen molar-refractivity contribution in [3.8, 4) is 0 Å². The van der Waals surface area contributed by atoms with E-state index in [0.29, 0.717) is 18.9 Å². The van der Waals surface area contributed by atoms with Crippen LogP contribution in [0, 0.1) is 0 Å². The number of aromatic nitrogens is 4. The Balaban J connectivity index is 2.43. The van der Waals surface area contributed by atoms with E-state index in [1.807, 2.05) is 0 Å². The molecule has 0 atom stereocenters. The van der Waals surface area contributed by atoms with Crippen LogP contribution in [-0.4, -0.2) is 34.1 Å². The van der Waals surface area contributed by atoms with Gasteiger partial charge in [-0.25, -0.2) is 0 Å². The van der Waals surface area contributed by atoms with Gasteiger partial charge in [0.1, 0.15) is 0 Å². The molecule has 0 amide bonds. The second-order valence-electron chi connectivity index (χ2n) is 1.71. The van der Waals surface area contributed by atoms with E-state index >= 15 is 0 Å². The van der Waals surface area contributed by atoms with Gasteiger partial charge in [0.25, 0.3) is 0 Å². The molecular weight excluding hydrogens is 132 g/mol. The lowest BCUT2D eigenvalue weighted by molar-refractivity contribution is 0.200. The molecule has 0 bridgehead atoms. The third kappa shape index (κ3) is 2.02. The van der Waals surface area contributed by atoms with Crippen molar-refractivity contribution in [2.24, 2.45) is 0 Å². The first kappa shape index (κ1) is 7.01. The highest BCUT2D eigenvalue weighted by Gasteiger charge is 1.93. The van der Waals surface area contributed by atoms with Gasteiger partial charge in [-0.05, 0) is 0 Å². The molecule has 1 aromatic heterocycles. The fourth-order valence-corrected chi connectivity index (χ4v) is 0.521. The number of ether oxygens (including phenoxy) is 1. The number of hydrogen-bond acceptors (Lipinski definition) is 5. The zero-order valence-corrected chi connectivity index (χ0v) is 5.69. The zero-order valence-electron chi connectivity index (χ0n) is 5.69. The summed E-state index contributed by atoms with van der Waals surface area (Å²) in [6.07, 6.45) is 1.97. The van der Waals surface area contributed by atoms with Crippen LogP contribution < -0.4 is 0 Å². The molecule has 0 radical (unpaired) electrons. The van der Waals surface area contributed by atoms with E-state index in [9.17, 15) is 0 Å². The van der Waals surface area contributed by atoms with Gasteiger partial charge in [-0.3, -0.25) is 0 Å². The minimum atomic E-state index is 0.605. The zero-order chi connectivity index (χ0) is 7.23. The molecule has 0 N–H and O–H groups in total. The van der Waals surface area contributed by atoms with Crippen molar-refractivity contribution in [2.75, 3.05) is 13.7 Å². The van der Waals surface area contributed by atoms with Crippen LogP contribution in [0.15, 0.2) is 6.33 Å². The fraction of sp³-hybridized carbons (Fsp3) is 0.600. The van der Waals surface area contributed by atoms with Crippen LogP contribution in [0.25, 0.3) is 0 Å². The predicted molar refractivity (Wildman–Crippen MR) is 33.2 cm³/mol. The van der Waals surface area contributed by atoms with Crippen LogP contribution >= 0.6 is 0 Å². The summed E-state index contributed by atoms with van der Waals surface area (Å²) in [7, 11) is 1.63. The first-order chi connectivity index (χ1) is 4.93. The molecule has 0 aliphatic rings. The third-order valence-corrected chi connectivity index (χ3v) is 0.979. The summed E-state index contributed by atoms with van der Waals surface area (Å²) in [5.41, 5.74) is 0. The van der Waals surface area contributed by atoms with Gasteiger partial charge in [-0.15, -0.1) is 20.4 Å². The lowest BCUT2D eigenvalue weighted by Gasteiger charge is -1.93. The van der Waals surface area contributed by atoms with Crippen LogP contribution in [0.3, 0.4) is 0 Å². The maximum absolute atomic E-state index is 4.81. The van der Waals surface area contributed by atoms with Crippen molar-refractivity contribution in [1.29, 1.82) is 0 Å². The smallest absolute Gasteiger partial charge is 0.175 e. The molecule has 0 aromatic carbocycles. The maximum Gasteiger partial charge on any atom is 0.175 e. The highest BCUT2D eigenvalue weighted by molar-refractivity contribution is 4.75. The summed E-state index contributed by atoms with van der Waals surface area (Å²) in [4.78, 5) is 0.